The standard InChI is InChI=1S/C18H21BrN2O2/c1-12-11-15(7-10-17(12)21(3)4)20-18(22)13(2)23-16-8-5-14(19)6-9-16/h5-11,13H,1-4H3,(H,20,22). The van der Waals surface area contributed by atoms with Crippen LogP contribution in [0.25, 0.3) is 0 Å². The van der Waals surface area contributed by atoms with Gasteiger partial charge in [0.1, 0.15) is 5.75 Å². The molecule has 0 radical (unpaired) electrons. The van der Waals surface area contributed by atoms with Crippen molar-refractivity contribution in [2.45, 2.75) is 20.0 Å². The zero-order chi connectivity index (χ0) is 17.0. The number of nitrogens with one attached hydrogen (secondary N) is 1. The lowest BCUT2D eigenvalue weighted by atomic mass is 10.1. The van der Waals surface area contributed by atoms with Gasteiger partial charge in [-0.3, -0.25) is 4.79 Å². The van der Waals surface area contributed by atoms with Gasteiger partial charge in [-0.15, -0.1) is 0 Å². The van der Waals surface area contributed by atoms with Crippen molar-refractivity contribution in [1.29, 1.82) is 0 Å². The minimum atomic E-state index is -0.579. The third-order valence-corrected chi connectivity index (χ3v) is 3.97. The van der Waals surface area contributed by atoms with Gasteiger partial charge in [-0.05, 0) is 61.9 Å². The Morgan fingerprint density at radius 1 is 1.17 bits per heavy atom. The van der Waals surface area contributed by atoms with Crippen molar-refractivity contribution in [1.82, 2.24) is 0 Å². The number of ether oxygens (including phenoxy) is 1. The summed E-state index contributed by atoms with van der Waals surface area (Å²) in [6, 6.07) is 13.2. The van der Waals surface area contributed by atoms with E-state index in [4.69, 9.17) is 4.74 Å². The number of amides is 1. The first-order valence-corrected chi connectivity index (χ1v) is 8.17. The average Bonchev–Trinajstić information content (AvgIpc) is 2.49. The second kappa shape index (κ2) is 7.51. The van der Waals surface area contributed by atoms with E-state index in [2.05, 4.69) is 21.2 Å². The summed E-state index contributed by atoms with van der Waals surface area (Å²) in [4.78, 5) is 14.3. The molecule has 4 nitrogen and oxygen atoms in total. The molecule has 1 atom stereocenters. The van der Waals surface area contributed by atoms with Gasteiger partial charge in [0.2, 0.25) is 0 Å². The summed E-state index contributed by atoms with van der Waals surface area (Å²) in [6.07, 6.45) is -0.579. The summed E-state index contributed by atoms with van der Waals surface area (Å²) in [5, 5.41) is 2.89. The maximum Gasteiger partial charge on any atom is 0.265 e. The highest BCUT2D eigenvalue weighted by Crippen LogP contribution is 2.22. The zero-order valence-corrected chi connectivity index (χ0v) is 15.3. The molecule has 2 rings (SSSR count). The summed E-state index contributed by atoms with van der Waals surface area (Å²) in [7, 11) is 3.99. The number of hydrogen-bond donors (Lipinski definition) is 1. The number of nitrogens with zero attached hydrogens (tertiary/aromatic N) is 1. The van der Waals surface area contributed by atoms with E-state index in [0.717, 1.165) is 21.4 Å². The fraction of sp³-hybridized carbons (Fsp3) is 0.278. The Hall–Kier alpha value is -2.01. The monoisotopic (exact) mass is 376 g/mol. The molecule has 0 spiro atoms. The number of carbonyl (C=O) groups is 1. The van der Waals surface area contributed by atoms with Gasteiger partial charge < -0.3 is 15.0 Å². The molecule has 23 heavy (non-hydrogen) atoms. The first-order valence-electron chi connectivity index (χ1n) is 7.38. The normalized spacial score (nSPS) is 11.7. The number of benzene rings is 2. The largest absolute Gasteiger partial charge is 0.481 e. The maximum absolute atomic E-state index is 12.3. The summed E-state index contributed by atoms with van der Waals surface area (Å²) in [5.41, 5.74) is 3.00. The zero-order valence-electron chi connectivity index (χ0n) is 13.8. The Kier molecular flexibility index (Phi) is 5.66. The second-order valence-electron chi connectivity index (χ2n) is 5.60. The molecule has 122 valence electrons. The van der Waals surface area contributed by atoms with E-state index in [1.807, 2.05) is 68.4 Å². The number of anilines is 2. The van der Waals surface area contributed by atoms with Crippen LogP contribution in [0.5, 0.6) is 5.75 Å². The van der Waals surface area contributed by atoms with Crippen LogP contribution in [-0.2, 0) is 4.79 Å². The molecule has 0 saturated carbocycles. The van der Waals surface area contributed by atoms with Gasteiger partial charge in [-0.1, -0.05) is 15.9 Å². The maximum atomic E-state index is 12.3. The summed E-state index contributed by atoms with van der Waals surface area (Å²) >= 11 is 3.37. The fourth-order valence-corrected chi connectivity index (χ4v) is 2.51. The van der Waals surface area contributed by atoms with Gasteiger partial charge in [0.15, 0.2) is 6.10 Å². The molecule has 1 N–H and O–H groups in total. The van der Waals surface area contributed by atoms with Crippen molar-refractivity contribution in [3.8, 4) is 5.75 Å². The molecule has 2 aromatic carbocycles. The molecule has 0 fully saturated rings. The third kappa shape index (κ3) is 4.73. The Bertz CT molecular complexity index is 684. The quantitative estimate of drug-likeness (QED) is 0.848. The SMILES string of the molecule is Cc1cc(NC(=O)C(C)Oc2ccc(Br)cc2)ccc1N(C)C. The number of rotatable bonds is 5. The Balaban J connectivity index is 2.00. The lowest BCUT2D eigenvalue weighted by Gasteiger charge is -2.18. The van der Waals surface area contributed by atoms with Crippen molar-refractivity contribution >= 4 is 33.2 Å². The Labute approximate surface area is 145 Å². The first kappa shape index (κ1) is 17.3. The van der Waals surface area contributed by atoms with Crippen molar-refractivity contribution in [3.05, 3.63) is 52.5 Å². The molecular formula is C18H21BrN2O2. The average molecular weight is 377 g/mol. The Morgan fingerprint density at radius 3 is 2.39 bits per heavy atom. The highest BCUT2D eigenvalue weighted by Gasteiger charge is 2.15. The molecule has 1 amide bonds. The topological polar surface area (TPSA) is 41.6 Å². The van der Waals surface area contributed by atoms with Crippen molar-refractivity contribution in [2.24, 2.45) is 0 Å². The third-order valence-electron chi connectivity index (χ3n) is 3.44. The van der Waals surface area contributed by atoms with Gasteiger partial charge in [-0.2, -0.15) is 0 Å². The van der Waals surface area contributed by atoms with E-state index < -0.39 is 6.10 Å². The van der Waals surface area contributed by atoms with E-state index in [1.165, 1.54) is 0 Å². The molecule has 0 saturated heterocycles. The molecule has 1 unspecified atom stereocenters. The van der Waals surface area contributed by atoms with Crippen LogP contribution in [-0.4, -0.2) is 26.1 Å². The van der Waals surface area contributed by atoms with Crippen LogP contribution in [0.2, 0.25) is 0 Å². The summed E-state index contributed by atoms with van der Waals surface area (Å²) < 4.78 is 6.63. The van der Waals surface area contributed by atoms with Crippen molar-refractivity contribution in [2.75, 3.05) is 24.3 Å². The van der Waals surface area contributed by atoms with E-state index in [-0.39, 0.29) is 5.91 Å². The van der Waals surface area contributed by atoms with Gasteiger partial charge in [0.25, 0.3) is 5.91 Å². The van der Waals surface area contributed by atoms with E-state index in [9.17, 15) is 4.79 Å². The van der Waals surface area contributed by atoms with Gasteiger partial charge in [-0.25, -0.2) is 0 Å². The van der Waals surface area contributed by atoms with Crippen LogP contribution < -0.4 is 15.0 Å². The number of halogens is 1. The van der Waals surface area contributed by atoms with Gasteiger partial charge >= 0.3 is 0 Å². The van der Waals surface area contributed by atoms with Crippen LogP contribution in [0.4, 0.5) is 11.4 Å². The molecular weight excluding hydrogens is 356 g/mol. The second-order valence-corrected chi connectivity index (χ2v) is 6.51. The van der Waals surface area contributed by atoms with Gasteiger partial charge in [0, 0.05) is 29.9 Å². The number of aryl methyl sites for hydroxylation is 1. The van der Waals surface area contributed by atoms with Crippen LogP contribution in [0.1, 0.15) is 12.5 Å². The van der Waals surface area contributed by atoms with E-state index >= 15 is 0 Å². The number of carbonyl (C=O) groups excluding carboxylic acids is 1. The molecule has 0 bridgehead atoms. The van der Waals surface area contributed by atoms with Crippen molar-refractivity contribution in [3.63, 3.8) is 0 Å². The lowest BCUT2D eigenvalue weighted by Crippen LogP contribution is -2.30. The summed E-state index contributed by atoms with van der Waals surface area (Å²) in [6.45, 7) is 3.76. The molecule has 2 aromatic rings. The lowest BCUT2D eigenvalue weighted by molar-refractivity contribution is -0.122. The highest BCUT2D eigenvalue weighted by molar-refractivity contribution is 9.10. The minimum absolute atomic E-state index is 0.176. The molecule has 0 aliphatic carbocycles. The van der Waals surface area contributed by atoms with Crippen LogP contribution in [0.15, 0.2) is 46.9 Å². The molecule has 0 aliphatic heterocycles. The minimum Gasteiger partial charge on any atom is -0.481 e. The predicted molar refractivity (Wildman–Crippen MR) is 98.4 cm³/mol. The van der Waals surface area contributed by atoms with Crippen molar-refractivity contribution < 1.29 is 9.53 Å². The number of hydrogen-bond acceptors (Lipinski definition) is 3. The fourth-order valence-electron chi connectivity index (χ4n) is 2.25. The van der Waals surface area contributed by atoms with E-state index in [1.54, 1.807) is 6.92 Å². The summed E-state index contributed by atoms with van der Waals surface area (Å²) in [5.74, 6) is 0.486. The van der Waals surface area contributed by atoms with Crippen LogP contribution in [0.3, 0.4) is 0 Å². The molecule has 0 heterocycles. The van der Waals surface area contributed by atoms with Crippen LogP contribution >= 0.6 is 15.9 Å². The van der Waals surface area contributed by atoms with E-state index in [0.29, 0.717) is 5.75 Å². The smallest absolute Gasteiger partial charge is 0.265 e. The van der Waals surface area contributed by atoms with Gasteiger partial charge in [0.05, 0.1) is 0 Å². The first-order chi connectivity index (χ1) is 10.9. The molecule has 0 aromatic heterocycles. The Morgan fingerprint density at radius 2 is 1.83 bits per heavy atom. The highest BCUT2D eigenvalue weighted by atomic mass is 79.9. The van der Waals surface area contributed by atoms with Crippen LogP contribution in [0, 0.1) is 6.92 Å². The molecule has 5 heteroatoms. The molecule has 0 aliphatic rings. The predicted octanol–water partition coefficient (Wildman–Crippen LogP) is 4.23.